The Labute approximate surface area is 92.9 Å². The summed E-state index contributed by atoms with van der Waals surface area (Å²) in [5, 5.41) is 3.45. The van der Waals surface area contributed by atoms with Crippen LogP contribution in [0.3, 0.4) is 0 Å². The molecule has 1 saturated carbocycles. The summed E-state index contributed by atoms with van der Waals surface area (Å²) in [5.41, 5.74) is 4.32. The lowest BCUT2D eigenvalue weighted by molar-refractivity contribution is 0.522. The van der Waals surface area contributed by atoms with E-state index in [-0.39, 0.29) is 0 Å². The maximum absolute atomic E-state index is 3.45. The van der Waals surface area contributed by atoms with Crippen molar-refractivity contribution in [3.05, 3.63) is 34.9 Å². The average molecular weight is 203 g/mol. The first-order chi connectivity index (χ1) is 7.20. The molecule has 1 aliphatic carbocycles. The van der Waals surface area contributed by atoms with Gasteiger partial charge in [-0.15, -0.1) is 0 Å². The van der Waals surface area contributed by atoms with Gasteiger partial charge in [0.25, 0.3) is 0 Å². The van der Waals surface area contributed by atoms with E-state index in [1.807, 2.05) is 0 Å². The molecule has 0 heterocycles. The van der Waals surface area contributed by atoms with Gasteiger partial charge in [-0.05, 0) is 45.2 Å². The van der Waals surface area contributed by atoms with Crippen LogP contribution in [0.15, 0.2) is 18.2 Å². The maximum Gasteiger partial charge on any atom is 0.0133 e. The van der Waals surface area contributed by atoms with E-state index in [1.54, 1.807) is 0 Å². The van der Waals surface area contributed by atoms with Gasteiger partial charge in [0.15, 0.2) is 0 Å². The quantitative estimate of drug-likeness (QED) is 0.778. The summed E-state index contributed by atoms with van der Waals surface area (Å²) in [6.07, 6.45) is 4.03. The highest BCUT2D eigenvalue weighted by atomic mass is 14.9. The summed E-state index contributed by atoms with van der Waals surface area (Å²) in [5.74, 6) is 0.730. The number of benzene rings is 1. The van der Waals surface area contributed by atoms with E-state index in [0.29, 0.717) is 6.04 Å². The second-order valence-electron chi connectivity index (χ2n) is 4.85. The first-order valence-corrected chi connectivity index (χ1v) is 5.96. The molecule has 0 spiro atoms. The van der Waals surface area contributed by atoms with E-state index in [4.69, 9.17) is 0 Å². The van der Waals surface area contributed by atoms with Gasteiger partial charge in [0.05, 0.1) is 0 Å². The van der Waals surface area contributed by atoms with Crippen molar-refractivity contribution in [3.8, 4) is 0 Å². The molecule has 1 heteroatoms. The van der Waals surface area contributed by atoms with Gasteiger partial charge in [-0.1, -0.05) is 35.7 Å². The Morgan fingerprint density at radius 2 is 1.73 bits per heavy atom. The van der Waals surface area contributed by atoms with E-state index in [1.165, 1.54) is 36.0 Å². The molecule has 0 radical (unpaired) electrons. The lowest BCUT2D eigenvalue weighted by Gasteiger charge is -2.20. The van der Waals surface area contributed by atoms with Crippen molar-refractivity contribution in [2.24, 2.45) is 0 Å². The Morgan fingerprint density at radius 3 is 2.33 bits per heavy atom. The van der Waals surface area contributed by atoms with Crippen LogP contribution >= 0.6 is 0 Å². The van der Waals surface area contributed by atoms with Crippen LogP contribution in [0.25, 0.3) is 0 Å². The summed E-state index contributed by atoms with van der Waals surface area (Å²) < 4.78 is 0. The number of hydrogen-bond acceptors (Lipinski definition) is 1. The Kier molecular flexibility index (Phi) is 3.11. The molecule has 15 heavy (non-hydrogen) atoms. The van der Waals surface area contributed by atoms with Crippen LogP contribution in [-0.4, -0.2) is 13.1 Å². The Hall–Kier alpha value is -0.820. The highest BCUT2D eigenvalue weighted by Gasteiger charge is 2.27. The molecule has 0 bridgehead atoms. The van der Waals surface area contributed by atoms with Crippen molar-refractivity contribution in [1.29, 1.82) is 0 Å². The first kappa shape index (κ1) is 10.7. The second kappa shape index (κ2) is 4.36. The topological polar surface area (TPSA) is 12.0 Å². The average Bonchev–Trinajstić information content (AvgIpc) is 2.63. The predicted molar refractivity (Wildman–Crippen MR) is 65.4 cm³/mol. The molecular formula is C14H21N. The molecule has 0 saturated heterocycles. The summed E-state index contributed by atoms with van der Waals surface area (Å²) in [4.78, 5) is 0. The highest BCUT2D eigenvalue weighted by molar-refractivity contribution is 5.32. The van der Waals surface area contributed by atoms with Gasteiger partial charge in [-0.2, -0.15) is 0 Å². The van der Waals surface area contributed by atoms with E-state index >= 15 is 0 Å². The minimum absolute atomic E-state index is 0.686. The van der Waals surface area contributed by atoms with Crippen molar-refractivity contribution >= 4 is 0 Å². The van der Waals surface area contributed by atoms with Crippen LogP contribution in [0.2, 0.25) is 0 Å². The third-order valence-corrected chi connectivity index (χ3v) is 3.56. The van der Waals surface area contributed by atoms with Crippen LogP contribution in [0.5, 0.6) is 0 Å². The van der Waals surface area contributed by atoms with Crippen LogP contribution in [-0.2, 0) is 0 Å². The third-order valence-electron chi connectivity index (χ3n) is 3.56. The smallest absolute Gasteiger partial charge is 0.0133 e. The van der Waals surface area contributed by atoms with E-state index in [0.717, 1.165) is 5.92 Å². The lowest BCUT2D eigenvalue weighted by atomic mass is 9.91. The van der Waals surface area contributed by atoms with Gasteiger partial charge in [-0.3, -0.25) is 0 Å². The van der Waals surface area contributed by atoms with Crippen molar-refractivity contribution in [1.82, 2.24) is 5.32 Å². The summed E-state index contributed by atoms with van der Waals surface area (Å²) in [6.45, 7) is 4.39. The Bertz CT molecular complexity index is 323. The number of aryl methyl sites for hydroxylation is 2. The molecule has 1 nitrogen and oxygen atoms in total. The van der Waals surface area contributed by atoms with Gasteiger partial charge in [0, 0.05) is 6.04 Å². The molecule has 2 rings (SSSR count). The molecule has 82 valence electrons. The number of hydrogen-bond donors (Lipinski definition) is 1. The molecule has 1 aromatic rings. The summed E-state index contributed by atoms with van der Waals surface area (Å²) >= 11 is 0. The van der Waals surface area contributed by atoms with Crippen LogP contribution < -0.4 is 5.32 Å². The molecule has 1 fully saturated rings. The number of nitrogens with one attached hydrogen (secondary N) is 1. The van der Waals surface area contributed by atoms with Gasteiger partial charge in [0.1, 0.15) is 0 Å². The standard InChI is InChI=1S/C14H21N/c1-10-7-11(2)9-12(8-10)13-5-4-6-14(13)15-3/h7-9,13-15H,4-6H2,1-3H3. The first-order valence-electron chi connectivity index (χ1n) is 5.96. The van der Waals surface area contributed by atoms with Crippen molar-refractivity contribution in [2.75, 3.05) is 7.05 Å². The van der Waals surface area contributed by atoms with Gasteiger partial charge in [0.2, 0.25) is 0 Å². The van der Waals surface area contributed by atoms with E-state index < -0.39 is 0 Å². The molecular weight excluding hydrogens is 182 g/mol. The van der Waals surface area contributed by atoms with Crippen LogP contribution in [0.1, 0.15) is 41.9 Å². The van der Waals surface area contributed by atoms with E-state index in [2.05, 4.69) is 44.4 Å². The van der Waals surface area contributed by atoms with Gasteiger partial charge in [-0.25, -0.2) is 0 Å². The lowest BCUT2D eigenvalue weighted by Crippen LogP contribution is -2.27. The molecule has 2 unspecified atom stereocenters. The molecule has 1 N–H and O–H groups in total. The Balaban J connectivity index is 2.28. The van der Waals surface area contributed by atoms with Crippen molar-refractivity contribution < 1.29 is 0 Å². The van der Waals surface area contributed by atoms with E-state index in [9.17, 15) is 0 Å². The van der Waals surface area contributed by atoms with Gasteiger partial charge >= 0.3 is 0 Å². The SMILES string of the molecule is CNC1CCCC1c1cc(C)cc(C)c1. The molecule has 0 aromatic heterocycles. The molecule has 2 atom stereocenters. The van der Waals surface area contributed by atoms with Crippen molar-refractivity contribution in [3.63, 3.8) is 0 Å². The third kappa shape index (κ3) is 2.23. The fourth-order valence-corrected chi connectivity index (χ4v) is 2.93. The highest BCUT2D eigenvalue weighted by Crippen LogP contribution is 2.35. The zero-order chi connectivity index (χ0) is 10.8. The van der Waals surface area contributed by atoms with Crippen molar-refractivity contribution in [2.45, 2.75) is 45.1 Å². The number of likely N-dealkylation sites (N-methyl/N-ethyl adjacent to an activating group) is 1. The summed E-state index contributed by atoms with van der Waals surface area (Å²) in [6, 6.07) is 7.65. The molecule has 0 amide bonds. The van der Waals surface area contributed by atoms with Gasteiger partial charge < -0.3 is 5.32 Å². The maximum atomic E-state index is 3.45. The van der Waals surface area contributed by atoms with Crippen LogP contribution in [0.4, 0.5) is 0 Å². The monoisotopic (exact) mass is 203 g/mol. The zero-order valence-electron chi connectivity index (χ0n) is 10.0. The minimum atomic E-state index is 0.686. The predicted octanol–water partition coefficient (Wildman–Crippen LogP) is 3.16. The molecule has 0 aliphatic heterocycles. The Morgan fingerprint density at radius 1 is 1.07 bits per heavy atom. The minimum Gasteiger partial charge on any atom is -0.316 e. The normalized spacial score (nSPS) is 25.8. The molecule has 1 aliphatic rings. The fraction of sp³-hybridized carbons (Fsp3) is 0.571. The summed E-state index contributed by atoms with van der Waals surface area (Å²) in [7, 11) is 2.09. The number of rotatable bonds is 2. The largest absolute Gasteiger partial charge is 0.316 e. The second-order valence-corrected chi connectivity index (χ2v) is 4.85. The van der Waals surface area contributed by atoms with Crippen LogP contribution in [0, 0.1) is 13.8 Å². The molecule has 1 aromatic carbocycles. The zero-order valence-corrected chi connectivity index (χ0v) is 10.0. The fourth-order valence-electron chi connectivity index (χ4n) is 2.93.